The lowest BCUT2D eigenvalue weighted by molar-refractivity contribution is -0.143. The first-order valence-electron chi connectivity index (χ1n) is 16.2. The quantitative estimate of drug-likeness (QED) is 0.0603. The van der Waals surface area contributed by atoms with Gasteiger partial charge in [0.25, 0.3) is 0 Å². The van der Waals surface area contributed by atoms with Crippen molar-refractivity contribution >= 4 is 47.4 Å². The van der Waals surface area contributed by atoms with E-state index in [1.807, 2.05) is 6.92 Å². The molecule has 0 saturated carbocycles. The Morgan fingerprint density at radius 2 is 1.16 bits per heavy atom. The van der Waals surface area contributed by atoms with E-state index in [4.69, 9.17) is 10.8 Å². The van der Waals surface area contributed by atoms with Gasteiger partial charge in [0, 0.05) is 24.3 Å². The standard InChI is InChI=1S/C31H56N4O9S/c1-4-6-7-8-9-10-11-12-13-14-15-16-25(36)35-27(21(3)5-2)28(38)34-23(30(41)42)17-18-26(37)33-24(31(43)44)20-45-19-22(32)29(39)40/h21-24,27H,4-20,32H2,1-3H3,(H,33,37)(H,34,38)(H,35,36)(H,39,40)(H,41,42)(H,43,44)/t21?,22-,23+,24+,27-/m0/s1. The molecule has 5 atom stereocenters. The first-order chi connectivity index (χ1) is 21.3. The SMILES string of the molecule is CCCCCCCCCCCCCC(=O)N[C@H](C(=O)N[C@H](CCC(=O)N[C@H](CSC[C@H](N)C(=O)O)C(=O)O)C(=O)O)C(C)CC. The molecule has 45 heavy (non-hydrogen) atoms. The summed E-state index contributed by atoms with van der Waals surface area (Å²) >= 11 is 0.944. The number of carboxylic acids is 3. The van der Waals surface area contributed by atoms with Gasteiger partial charge in [0.05, 0.1) is 0 Å². The summed E-state index contributed by atoms with van der Waals surface area (Å²) in [5.41, 5.74) is 5.40. The van der Waals surface area contributed by atoms with Crippen molar-refractivity contribution < 1.29 is 44.1 Å². The normalized spacial score (nSPS) is 14.4. The van der Waals surface area contributed by atoms with Crippen LogP contribution in [0.5, 0.6) is 0 Å². The highest BCUT2D eigenvalue weighted by molar-refractivity contribution is 7.99. The van der Waals surface area contributed by atoms with Crippen molar-refractivity contribution in [3.8, 4) is 0 Å². The zero-order valence-corrected chi connectivity index (χ0v) is 28.0. The Balaban J connectivity index is 4.75. The third-order valence-electron chi connectivity index (χ3n) is 7.63. The number of unbranched alkanes of at least 4 members (excludes halogenated alkanes) is 10. The van der Waals surface area contributed by atoms with Crippen LogP contribution in [0, 0.1) is 5.92 Å². The fraction of sp³-hybridized carbons (Fsp3) is 0.806. The lowest BCUT2D eigenvalue weighted by Gasteiger charge is -2.25. The topological polar surface area (TPSA) is 225 Å². The predicted octanol–water partition coefficient (Wildman–Crippen LogP) is 3.28. The average Bonchev–Trinajstić information content (AvgIpc) is 2.99. The largest absolute Gasteiger partial charge is 0.480 e. The zero-order chi connectivity index (χ0) is 34.2. The van der Waals surface area contributed by atoms with Gasteiger partial charge in [-0.2, -0.15) is 11.8 Å². The number of thioether (sulfide) groups is 1. The Kier molecular flexibility index (Phi) is 23.7. The third kappa shape index (κ3) is 20.7. The van der Waals surface area contributed by atoms with Crippen molar-refractivity contribution in [1.82, 2.24) is 16.0 Å². The summed E-state index contributed by atoms with van der Waals surface area (Å²) in [6, 6.07) is -4.92. The molecule has 0 aromatic carbocycles. The van der Waals surface area contributed by atoms with Crippen LogP contribution in [0.1, 0.15) is 117 Å². The number of amides is 3. The summed E-state index contributed by atoms with van der Waals surface area (Å²) in [5, 5.41) is 35.3. The van der Waals surface area contributed by atoms with Crippen molar-refractivity contribution in [3.63, 3.8) is 0 Å². The Bertz CT molecular complexity index is 921. The second-order valence-corrected chi connectivity index (χ2v) is 12.7. The summed E-state index contributed by atoms with van der Waals surface area (Å²) in [6.07, 6.45) is 12.8. The van der Waals surface area contributed by atoms with Gasteiger partial charge in [0.1, 0.15) is 24.2 Å². The second-order valence-electron chi connectivity index (χ2n) is 11.6. The summed E-state index contributed by atoms with van der Waals surface area (Å²) < 4.78 is 0. The fourth-order valence-corrected chi connectivity index (χ4v) is 5.51. The molecule has 13 nitrogen and oxygen atoms in total. The first kappa shape index (κ1) is 42.1. The van der Waals surface area contributed by atoms with Gasteiger partial charge in [-0.25, -0.2) is 9.59 Å². The van der Waals surface area contributed by atoms with E-state index < -0.39 is 53.9 Å². The van der Waals surface area contributed by atoms with Crippen LogP contribution in [0.3, 0.4) is 0 Å². The van der Waals surface area contributed by atoms with Gasteiger partial charge in [-0.3, -0.25) is 19.2 Å². The number of aliphatic carboxylic acids is 3. The number of carboxylic acid groups (broad SMARTS) is 3. The first-order valence-corrected chi connectivity index (χ1v) is 17.4. The molecule has 0 spiro atoms. The van der Waals surface area contributed by atoms with Crippen LogP contribution in [-0.2, 0) is 28.8 Å². The van der Waals surface area contributed by atoms with Crippen molar-refractivity contribution in [3.05, 3.63) is 0 Å². The average molecular weight is 661 g/mol. The Morgan fingerprint density at radius 3 is 1.64 bits per heavy atom. The summed E-state index contributed by atoms with van der Waals surface area (Å²) in [7, 11) is 0. The molecule has 0 heterocycles. The monoisotopic (exact) mass is 660 g/mol. The molecule has 0 aromatic heterocycles. The van der Waals surface area contributed by atoms with Crippen molar-refractivity contribution in [2.24, 2.45) is 11.7 Å². The summed E-state index contributed by atoms with van der Waals surface area (Å²) in [6.45, 7) is 5.84. The smallest absolute Gasteiger partial charge is 0.327 e. The molecule has 3 amide bonds. The number of nitrogens with one attached hydrogen (secondary N) is 3. The number of hydrogen-bond acceptors (Lipinski definition) is 8. The highest BCUT2D eigenvalue weighted by Gasteiger charge is 2.30. The molecule has 14 heteroatoms. The van der Waals surface area contributed by atoms with Gasteiger partial charge < -0.3 is 37.0 Å². The minimum absolute atomic E-state index is 0.0602. The van der Waals surface area contributed by atoms with Crippen LogP contribution in [0.15, 0.2) is 0 Å². The Labute approximate surface area is 271 Å². The maximum absolute atomic E-state index is 13.1. The molecule has 0 aliphatic carbocycles. The predicted molar refractivity (Wildman–Crippen MR) is 174 cm³/mol. The van der Waals surface area contributed by atoms with E-state index in [1.165, 1.54) is 44.9 Å². The molecule has 0 aromatic rings. The number of rotatable bonds is 28. The molecule has 0 bridgehead atoms. The van der Waals surface area contributed by atoms with Crippen LogP contribution in [-0.4, -0.2) is 86.6 Å². The highest BCUT2D eigenvalue weighted by Crippen LogP contribution is 2.14. The van der Waals surface area contributed by atoms with Gasteiger partial charge in [0.15, 0.2) is 0 Å². The molecular weight excluding hydrogens is 604 g/mol. The molecule has 0 saturated heterocycles. The number of carbonyl (C=O) groups is 6. The Hall–Kier alpha value is -2.87. The molecule has 0 aliphatic heterocycles. The van der Waals surface area contributed by atoms with E-state index in [0.29, 0.717) is 12.8 Å². The molecule has 0 radical (unpaired) electrons. The lowest BCUT2D eigenvalue weighted by atomic mass is 9.97. The van der Waals surface area contributed by atoms with Gasteiger partial charge in [-0.1, -0.05) is 91.4 Å². The Morgan fingerprint density at radius 1 is 0.644 bits per heavy atom. The molecule has 1 unspecified atom stereocenters. The summed E-state index contributed by atoms with van der Waals surface area (Å²) in [5.74, 6) is -6.12. The van der Waals surface area contributed by atoms with E-state index in [2.05, 4.69) is 22.9 Å². The molecule has 0 fully saturated rings. The van der Waals surface area contributed by atoms with Gasteiger partial charge in [-0.15, -0.1) is 0 Å². The van der Waals surface area contributed by atoms with Crippen molar-refractivity contribution in [2.75, 3.05) is 11.5 Å². The summed E-state index contributed by atoms with van der Waals surface area (Å²) in [4.78, 5) is 72.3. The van der Waals surface area contributed by atoms with Crippen LogP contribution in [0.2, 0.25) is 0 Å². The van der Waals surface area contributed by atoms with Crippen LogP contribution >= 0.6 is 11.8 Å². The third-order valence-corrected chi connectivity index (χ3v) is 8.79. The lowest BCUT2D eigenvalue weighted by Crippen LogP contribution is -2.54. The zero-order valence-electron chi connectivity index (χ0n) is 27.2. The number of carbonyl (C=O) groups excluding carboxylic acids is 3. The molecule has 8 N–H and O–H groups in total. The van der Waals surface area contributed by atoms with E-state index in [1.54, 1.807) is 6.92 Å². The van der Waals surface area contributed by atoms with E-state index in [-0.39, 0.29) is 42.6 Å². The van der Waals surface area contributed by atoms with Gasteiger partial charge in [-0.05, 0) is 18.8 Å². The van der Waals surface area contributed by atoms with E-state index in [9.17, 15) is 39.0 Å². The van der Waals surface area contributed by atoms with Crippen molar-refractivity contribution in [2.45, 2.75) is 141 Å². The van der Waals surface area contributed by atoms with Crippen molar-refractivity contribution in [1.29, 1.82) is 0 Å². The number of hydrogen-bond donors (Lipinski definition) is 7. The minimum Gasteiger partial charge on any atom is -0.480 e. The molecule has 0 rings (SSSR count). The maximum Gasteiger partial charge on any atom is 0.327 e. The maximum atomic E-state index is 13.1. The van der Waals surface area contributed by atoms with E-state index in [0.717, 1.165) is 31.0 Å². The van der Waals surface area contributed by atoms with E-state index >= 15 is 0 Å². The second kappa shape index (κ2) is 25.3. The van der Waals surface area contributed by atoms with Gasteiger partial charge in [0.2, 0.25) is 17.7 Å². The van der Waals surface area contributed by atoms with Crippen LogP contribution < -0.4 is 21.7 Å². The fourth-order valence-electron chi connectivity index (χ4n) is 4.52. The molecule has 0 aliphatic rings. The number of nitrogens with two attached hydrogens (primary N) is 1. The minimum atomic E-state index is -1.44. The van der Waals surface area contributed by atoms with Crippen LogP contribution in [0.25, 0.3) is 0 Å². The molecular formula is C31H56N4O9S. The van der Waals surface area contributed by atoms with Crippen LogP contribution in [0.4, 0.5) is 0 Å². The molecule has 260 valence electrons. The van der Waals surface area contributed by atoms with Gasteiger partial charge >= 0.3 is 17.9 Å². The highest BCUT2D eigenvalue weighted by atomic mass is 32.2.